The molecule has 0 aliphatic rings. The van der Waals surface area contributed by atoms with Crippen LogP contribution in [-0.4, -0.2) is 7.11 Å². The first-order chi connectivity index (χ1) is 10.7. The number of nitroso groups, excluding NO2 is 1. The van der Waals surface area contributed by atoms with E-state index in [1.807, 2.05) is 73.7 Å². The minimum Gasteiger partial charge on any atom is -0.497 e. The van der Waals surface area contributed by atoms with Gasteiger partial charge >= 0.3 is 0 Å². The first-order valence-corrected chi connectivity index (χ1v) is 7.16. The van der Waals surface area contributed by atoms with Gasteiger partial charge in [0, 0.05) is 0 Å². The van der Waals surface area contributed by atoms with Gasteiger partial charge in [0.1, 0.15) is 5.75 Å². The van der Waals surface area contributed by atoms with E-state index in [0.29, 0.717) is 0 Å². The highest BCUT2D eigenvalue weighted by atomic mass is 16.5. The van der Waals surface area contributed by atoms with Crippen LogP contribution >= 0.6 is 0 Å². The Balaban J connectivity index is 2.21. The van der Waals surface area contributed by atoms with E-state index < -0.39 is 5.54 Å². The lowest BCUT2D eigenvalue weighted by Gasteiger charge is -2.24. The van der Waals surface area contributed by atoms with Crippen molar-refractivity contribution in [3.8, 4) is 5.75 Å². The van der Waals surface area contributed by atoms with Gasteiger partial charge in [-0.1, -0.05) is 59.8 Å². The SMILES string of the molecule is COc1ccc(C(C)(N=O)c2cccc3ccccc23)cc1. The summed E-state index contributed by atoms with van der Waals surface area (Å²) in [6.45, 7) is 1.85. The highest BCUT2D eigenvalue weighted by Gasteiger charge is 2.32. The maximum atomic E-state index is 11.7. The number of benzene rings is 3. The summed E-state index contributed by atoms with van der Waals surface area (Å²) in [5, 5.41) is 5.62. The van der Waals surface area contributed by atoms with E-state index in [0.717, 1.165) is 27.6 Å². The molecule has 0 fully saturated rings. The summed E-state index contributed by atoms with van der Waals surface area (Å²) in [6, 6.07) is 21.5. The van der Waals surface area contributed by atoms with Crippen LogP contribution in [0.15, 0.2) is 71.9 Å². The topological polar surface area (TPSA) is 38.7 Å². The largest absolute Gasteiger partial charge is 0.497 e. The number of hydrogen-bond donors (Lipinski definition) is 0. The molecule has 0 heterocycles. The summed E-state index contributed by atoms with van der Waals surface area (Å²) in [5.41, 5.74) is 0.818. The summed E-state index contributed by atoms with van der Waals surface area (Å²) in [4.78, 5) is 11.7. The minimum absolute atomic E-state index is 0.759. The molecule has 110 valence electrons. The summed E-state index contributed by atoms with van der Waals surface area (Å²) in [5.74, 6) is 0.759. The van der Waals surface area contributed by atoms with Crippen molar-refractivity contribution in [1.29, 1.82) is 0 Å². The lowest BCUT2D eigenvalue weighted by atomic mass is 9.83. The second kappa shape index (κ2) is 5.60. The molecule has 0 saturated carbocycles. The zero-order valence-corrected chi connectivity index (χ0v) is 12.6. The van der Waals surface area contributed by atoms with Crippen LogP contribution in [-0.2, 0) is 5.54 Å². The van der Waals surface area contributed by atoms with Crippen molar-refractivity contribution in [1.82, 2.24) is 0 Å². The molecule has 1 atom stereocenters. The zero-order chi connectivity index (χ0) is 15.6. The average Bonchev–Trinajstić information content (AvgIpc) is 2.60. The van der Waals surface area contributed by atoms with Crippen LogP contribution in [0.3, 0.4) is 0 Å². The number of nitrogens with zero attached hydrogens (tertiary/aromatic N) is 1. The van der Waals surface area contributed by atoms with E-state index in [1.54, 1.807) is 7.11 Å². The predicted molar refractivity (Wildman–Crippen MR) is 89.2 cm³/mol. The van der Waals surface area contributed by atoms with Crippen molar-refractivity contribution >= 4 is 10.8 Å². The Morgan fingerprint density at radius 2 is 1.59 bits per heavy atom. The lowest BCUT2D eigenvalue weighted by Crippen LogP contribution is -2.20. The third-order valence-electron chi connectivity index (χ3n) is 4.15. The standard InChI is InChI=1S/C19H17NO2/c1-19(20-21,15-10-12-16(22-2)13-11-15)18-9-5-7-14-6-3-4-8-17(14)18/h3-13H,1-2H3. The number of methoxy groups -OCH3 is 1. The monoisotopic (exact) mass is 291 g/mol. The zero-order valence-electron chi connectivity index (χ0n) is 12.6. The van der Waals surface area contributed by atoms with Crippen LogP contribution in [0.5, 0.6) is 5.75 Å². The Morgan fingerprint density at radius 1 is 0.909 bits per heavy atom. The fourth-order valence-electron chi connectivity index (χ4n) is 2.82. The van der Waals surface area contributed by atoms with Crippen LogP contribution in [0.2, 0.25) is 0 Å². The predicted octanol–water partition coefficient (Wildman–Crippen LogP) is 4.88. The van der Waals surface area contributed by atoms with Gasteiger partial charge in [0.2, 0.25) is 0 Å². The summed E-state index contributed by atoms with van der Waals surface area (Å²) < 4.78 is 5.18. The third-order valence-corrected chi connectivity index (χ3v) is 4.15. The highest BCUT2D eigenvalue weighted by molar-refractivity contribution is 5.87. The van der Waals surface area contributed by atoms with E-state index in [2.05, 4.69) is 5.18 Å². The van der Waals surface area contributed by atoms with Gasteiger partial charge in [-0.2, -0.15) is 0 Å². The minimum atomic E-state index is -0.937. The second-order valence-corrected chi connectivity index (χ2v) is 5.42. The smallest absolute Gasteiger partial charge is 0.150 e. The average molecular weight is 291 g/mol. The van der Waals surface area contributed by atoms with E-state index in [4.69, 9.17) is 4.74 Å². The van der Waals surface area contributed by atoms with E-state index >= 15 is 0 Å². The Bertz CT molecular complexity index is 806. The van der Waals surface area contributed by atoms with Gasteiger partial charge in [-0.3, -0.25) is 0 Å². The van der Waals surface area contributed by atoms with Gasteiger partial charge in [0.25, 0.3) is 0 Å². The quantitative estimate of drug-likeness (QED) is 0.643. The summed E-state index contributed by atoms with van der Waals surface area (Å²) in [6.07, 6.45) is 0. The molecule has 0 saturated heterocycles. The molecule has 3 aromatic rings. The molecule has 0 aromatic heterocycles. The van der Waals surface area contributed by atoms with Gasteiger partial charge in [-0.25, -0.2) is 0 Å². The fraction of sp³-hybridized carbons (Fsp3) is 0.158. The molecule has 0 bridgehead atoms. The van der Waals surface area contributed by atoms with Crippen LogP contribution in [0.4, 0.5) is 0 Å². The van der Waals surface area contributed by atoms with Crippen molar-refractivity contribution in [2.75, 3.05) is 7.11 Å². The number of ether oxygens (including phenoxy) is 1. The fourth-order valence-corrected chi connectivity index (χ4v) is 2.82. The Kier molecular flexibility index (Phi) is 3.63. The molecule has 0 spiro atoms. The molecule has 3 rings (SSSR count). The van der Waals surface area contributed by atoms with Crippen molar-refractivity contribution in [3.63, 3.8) is 0 Å². The van der Waals surface area contributed by atoms with Gasteiger partial charge < -0.3 is 4.74 Å². The summed E-state index contributed by atoms with van der Waals surface area (Å²) in [7, 11) is 1.62. The maximum Gasteiger partial charge on any atom is 0.150 e. The lowest BCUT2D eigenvalue weighted by molar-refractivity contribution is 0.414. The first-order valence-electron chi connectivity index (χ1n) is 7.16. The molecule has 22 heavy (non-hydrogen) atoms. The van der Waals surface area contributed by atoms with Crippen molar-refractivity contribution in [2.24, 2.45) is 5.18 Å². The van der Waals surface area contributed by atoms with Crippen molar-refractivity contribution in [2.45, 2.75) is 12.5 Å². The molecule has 0 N–H and O–H groups in total. The molecule has 0 radical (unpaired) electrons. The van der Waals surface area contributed by atoms with Crippen LogP contribution < -0.4 is 4.74 Å². The maximum absolute atomic E-state index is 11.7. The van der Waals surface area contributed by atoms with Gasteiger partial charge in [0.15, 0.2) is 5.54 Å². The molecule has 0 aliphatic carbocycles. The molecule has 3 aromatic carbocycles. The molecule has 0 aliphatic heterocycles. The van der Waals surface area contributed by atoms with Crippen LogP contribution in [0.25, 0.3) is 10.8 Å². The van der Waals surface area contributed by atoms with E-state index in [-0.39, 0.29) is 0 Å². The van der Waals surface area contributed by atoms with E-state index in [9.17, 15) is 4.91 Å². The third kappa shape index (κ3) is 2.25. The van der Waals surface area contributed by atoms with Crippen molar-refractivity contribution in [3.05, 3.63) is 82.8 Å². The Morgan fingerprint density at radius 3 is 2.27 bits per heavy atom. The number of hydrogen-bond acceptors (Lipinski definition) is 3. The molecule has 3 nitrogen and oxygen atoms in total. The van der Waals surface area contributed by atoms with Gasteiger partial charge in [-0.15, -0.1) is 4.91 Å². The number of fused-ring (bicyclic) bond motifs is 1. The molecule has 0 amide bonds. The molecular formula is C19H17NO2. The highest BCUT2D eigenvalue weighted by Crippen LogP contribution is 2.37. The molecule has 3 heteroatoms. The molecule has 1 unspecified atom stereocenters. The Labute approximate surface area is 129 Å². The van der Waals surface area contributed by atoms with Crippen molar-refractivity contribution < 1.29 is 4.74 Å². The summed E-state index contributed by atoms with van der Waals surface area (Å²) >= 11 is 0. The second-order valence-electron chi connectivity index (χ2n) is 5.42. The van der Waals surface area contributed by atoms with Crippen LogP contribution in [0.1, 0.15) is 18.1 Å². The van der Waals surface area contributed by atoms with E-state index in [1.165, 1.54) is 0 Å². The Hall–Kier alpha value is -2.68. The van der Waals surface area contributed by atoms with Gasteiger partial charge in [0.05, 0.1) is 7.11 Å². The normalized spacial score (nSPS) is 13.5. The van der Waals surface area contributed by atoms with Gasteiger partial charge in [-0.05, 0) is 41.0 Å². The first kappa shape index (κ1) is 14.3. The van der Waals surface area contributed by atoms with Crippen LogP contribution in [0, 0.1) is 4.91 Å². The number of rotatable bonds is 4. The molecular weight excluding hydrogens is 274 g/mol.